The molecule has 0 spiro atoms. The van der Waals surface area contributed by atoms with Gasteiger partial charge < -0.3 is 5.32 Å². The maximum Gasteiger partial charge on any atom is 0.273 e. The van der Waals surface area contributed by atoms with E-state index >= 15 is 0 Å². The zero-order valence-corrected chi connectivity index (χ0v) is 13.1. The van der Waals surface area contributed by atoms with Gasteiger partial charge in [-0.05, 0) is 50.2 Å². The highest BCUT2D eigenvalue weighted by atomic mass is 19.1. The van der Waals surface area contributed by atoms with Gasteiger partial charge in [0.1, 0.15) is 17.5 Å². The number of para-hydroxylation sites is 1. The molecule has 122 valence electrons. The van der Waals surface area contributed by atoms with Crippen LogP contribution in [0.4, 0.5) is 4.39 Å². The second-order valence-corrected chi connectivity index (χ2v) is 6.41. The normalized spacial score (nSPS) is 17.2. The number of benzene rings is 1. The molecule has 1 fully saturated rings. The van der Waals surface area contributed by atoms with Gasteiger partial charge in [-0.2, -0.15) is 10.4 Å². The van der Waals surface area contributed by atoms with Crippen molar-refractivity contribution in [1.82, 2.24) is 15.1 Å². The lowest BCUT2D eigenvalue weighted by atomic mass is 10.1. The van der Waals surface area contributed by atoms with E-state index in [0.29, 0.717) is 11.4 Å². The molecule has 1 atom stereocenters. The first kappa shape index (κ1) is 14.9. The second kappa shape index (κ2) is 5.75. The van der Waals surface area contributed by atoms with Gasteiger partial charge in [-0.15, -0.1) is 0 Å². The van der Waals surface area contributed by atoms with E-state index in [4.69, 9.17) is 0 Å². The smallest absolute Gasteiger partial charge is 0.273 e. The van der Waals surface area contributed by atoms with Crippen LogP contribution >= 0.6 is 0 Å². The summed E-state index contributed by atoms with van der Waals surface area (Å²) in [5, 5.41) is 16.4. The average Bonchev–Trinajstić information content (AvgIpc) is 3.20. The molecule has 0 radical (unpaired) electrons. The Kier molecular flexibility index (Phi) is 3.57. The first-order valence-electron chi connectivity index (χ1n) is 8.25. The highest BCUT2D eigenvalue weighted by Crippen LogP contribution is 2.33. The zero-order valence-electron chi connectivity index (χ0n) is 13.1. The number of fused-ring (bicyclic) bond motifs is 1. The molecule has 0 saturated heterocycles. The Balaban J connectivity index is 1.70. The minimum Gasteiger partial charge on any atom is -0.335 e. The highest BCUT2D eigenvalue weighted by Gasteiger charge is 2.34. The van der Waals surface area contributed by atoms with Crippen LogP contribution in [-0.2, 0) is 12.8 Å². The Morgan fingerprint density at radius 2 is 2.17 bits per heavy atom. The standard InChI is InChI=1S/C18H17FN4O/c19-13-5-1-2-6-16(13)23-15-7-3-4-12(15)17(22-23)18(24)21-14(10-20)11-8-9-11/h1-2,5-6,11,14H,3-4,7-9H2,(H,21,24). The van der Waals surface area contributed by atoms with Gasteiger partial charge >= 0.3 is 0 Å². The van der Waals surface area contributed by atoms with E-state index in [-0.39, 0.29) is 17.6 Å². The van der Waals surface area contributed by atoms with Crippen LogP contribution < -0.4 is 5.32 Å². The van der Waals surface area contributed by atoms with E-state index in [1.807, 2.05) is 0 Å². The summed E-state index contributed by atoms with van der Waals surface area (Å²) in [6.45, 7) is 0. The van der Waals surface area contributed by atoms with Crippen LogP contribution in [0.1, 0.15) is 41.0 Å². The Morgan fingerprint density at radius 1 is 1.38 bits per heavy atom. The summed E-state index contributed by atoms with van der Waals surface area (Å²) in [7, 11) is 0. The molecule has 5 nitrogen and oxygen atoms in total. The molecule has 0 bridgehead atoms. The first-order valence-corrected chi connectivity index (χ1v) is 8.25. The summed E-state index contributed by atoms with van der Waals surface area (Å²) < 4.78 is 15.7. The predicted octanol–water partition coefficient (Wildman–Crippen LogP) is 2.53. The molecule has 4 rings (SSSR count). The van der Waals surface area contributed by atoms with E-state index in [1.165, 1.54) is 6.07 Å². The van der Waals surface area contributed by atoms with Gasteiger partial charge in [0.15, 0.2) is 5.69 Å². The summed E-state index contributed by atoms with van der Waals surface area (Å²) in [6, 6.07) is 8.11. The summed E-state index contributed by atoms with van der Waals surface area (Å²) >= 11 is 0. The first-order chi connectivity index (χ1) is 11.7. The fourth-order valence-electron chi connectivity index (χ4n) is 3.34. The van der Waals surface area contributed by atoms with Crippen molar-refractivity contribution in [1.29, 1.82) is 5.26 Å². The molecule has 6 heteroatoms. The number of nitrogens with one attached hydrogen (secondary N) is 1. The number of rotatable bonds is 4. The topological polar surface area (TPSA) is 70.7 Å². The fraction of sp³-hybridized carbons (Fsp3) is 0.389. The third-order valence-corrected chi connectivity index (χ3v) is 4.75. The van der Waals surface area contributed by atoms with Gasteiger partial charge in [0, 0.05) is 11.3 Å². The maximum absolute atomic E-state index is 14.1. The second-order valence-electron chi connectivity index (χ2n) is 6.41. The van der Waals surface area contributed by atoms with Crippen molar-refractivity contribution in [2.45, 2.75) is 38.1 Å². The fourth-order valence-corrected chi connectivity index (χ4v) is 3.34. The van der Waals surface area contributed by atoms with Crippen molar-refractivity contribution in [2.24, 2.45) is 5.92 Å². The van der Waals surface area contributed by atoms with Crippen molar-refractivity contribution in [3.05, 3.63) is 47.0 Å². The summed E-state index contributed by atoms with van der Waals surface area (Å²) in [5.41, 5.74) is 2.45. The molecule has 0 aliphatic heterocycles. The van der Waals surface area contributed by atoms with E-state index < -0.39 is 6.04 Å². The Bertz CT molecular complexity index is 847. The number of aromatic nitrogens is 2. The zero-order chi connectivity index (χ0) is 16.7. The van der Waals surface area contributed by atoms with Gasteiger partial charge in [-0.3, -0.25) is 4.79 Å². The number of nitrogens with zero attached hydrogens (tertiary/aromatic N) is 3. The van der Waals surface area contributed by atoms with Crippen LogP contribution in [0.5, 0.6) is 0 Å². The number of hydrogen-bond donors (Lipinski definition) is 1. The quantitative estimate of drug-likeness (QED) is 0.939. The van der Waals surface area contributed by atoms with E-state index in [1.54, 1.807) is 22.9 Å². The molecule has 1 unspecified atom stereocenters. The molecular formula is C18H17FN4O. The largest absolute Gasteiger partial charge is 0.335 e. The molecule has 1 heterocycles. The van der Waals surface area contributed by atoms with E-state index in [9.17, 15) is 14.4 Å². The molecule has 2 aliphatic rings. The van der Waals surface area contributed by atoms with Crippen LogP contribution in [0, 0.1) is 23.1 Å². The van der Waals surface area contributed by atoms with Gasteiger partial charge in [-0.25, -0.2) is 9.07 Å². The number of amides is 1. The lowest BCUT2D eigenvalue weighted by molar-refractivity contribution is 0.0935. The molecule has 1 saturated carbocycles. The van der Waals surface area contributed by atoms with Crippen LogP contribution in [0.2, 0.25) is 0 Å². The van der Waals surface area contributed by atoms with Gasteiger partial charge in [0.25, 0.3) is 5.91 Å². The number of hydrogen-bond acceptors (Lipinski definition) is 3. The third-order valence-electron chi connectivity index (χ3n) is 4.75. The molecule has 1 aromatic carbocycles. The van der Waals surface area contributed by atoms with Crippen molar-refractivity contribution in [3.8, 4) is 11.8 Å². The molecule has 1 amide bonds. The Morgan fingerprint density at radius 3 is 2.88 bits per heavy atom. The van der Waals surface area contributed by atoms with Crippen LogP contribution in [0.15, 0.2) is 24.3 Å². The van der Waals surface area contributed by atoms with Crippen molar-refractivity contribution in [2.75, 3.05) is 0 Å². The van der Waals surface area contributed by atoms with Crippen LogP contribution in [0.3, 0.4) is 0 Å². The molecule has 1 N–H and O–H groups in total. The Labute approximate surface area is 139 Å². The van der Waals surface area contributed by atoms with Crippen LogP contribution in [0.25, 0.3) is 5.69 Å². The molecule has 2 aromatic rings. The number of halogens is 1. The van der Waals surface area contributed by atoms with Crippen LogP contribution in [-0.4, -0.2) is 21.7 Å². The van der Waals surface area contributed by atoms with Crippen molar-refractivity contribution < 1.29 is 9.18 Å². The Hall–Kier alpha value is -2.68. The minimum absolute atomic E-state index is 0.251. The van der Waals surface area contributed by atoms with Gasteiger partial charge in [-0.1, -0.05) is 12.1 Å². The molecule has 24 heavy (non-hydrogen) atoms. The predicted molar refractivity (Wildman–Crippen MR) is 85.1 cm³/mol. The average molecular weight is 324 g/mol. The summed E-state index contributed by atoms with van der Waals surface area (Å²) in [4.78, 5) is 12.6. The molecule has 2 aliphatic carbocycles. The lowest BCUT2D eigenvalue weighted by Gasteiger charge is -2.09. The molecule has 1 aromatic heterocycles. The van der Waals surface area contributed by atoms with Crippen molar-refractivity contribution >= 4 is 5.91 Å². The number of carbonyl (C=O) groups is 1. The minimum atomic E-state index is -0.465. The summed E-state index contributed by atoms with van der Waals surface area (Å²) in [5.74, 6) is -0.447. The monoisotopic (exact) mass is 324 g/mol. The van der Waals surface area contributed by atoms with E-state index in [2.05, 4.69) is 16.5 Å². The van der Waals surface area contributed by atoms with Crippen molar-refractivity contribution in [3.63, 3.8) is 0 Å². The van der Waals surface area contributed by atoms with Gasteiger partial charge in [0.05, 0.1) is 6.07 Å². The highest BCUT2D eigenvalue weighted by molar-refractivity contribution is 5.94. The van der Waals surface area contributed by atoms with Gasteiger partial charge in [0.2, 0.25) is 0 Å². The lowest BCUT2D eigenvalue weighted by Crippen LogP contribution is -2.36. The molecular weight excluding hydrogens is 307 g/mol. The summed E-state index contributed by atoms with van der Waals surface area (Å²) in [6.07, 6.45) is 4.40. The maximum atomic E-state index is 14.1. The van der Waals surface area contributed by atoms with E-state index in [0.717, 1.165) is 43.4 Å². The number of carbonyl (C=O) groups excluding carboxylic acids is 1. The number of nitriles is 1. The SMILES string of the molecule is N#CC(NC(=O)c1nn(-c2ccccc2F)c2c1CCC2)C1CC1. The third kappa shape index (κ3) is 2.46.